The largest absolute Gasteiger partial charge is 0.480 e. The molecule has 8 heteroatoms. The molecule has 0 aliphatic rings. The van der Waals surface area contributed by atoms with Crippen molar-refractivity contribution in [2.45, 2.75) is 72.4 Å². The van der Waals surface area contributed by atoms with Gasteiger partial charge in [-0.15, -0.1) is 0 Å². The number of hydrogen-bond donors (Lipinski definition) is 2. The number of ether oxygens (including phenoxy) is 1. The Morgan fingerprint density at radius 3 is 1.96 bits per heavy atom. The molecule has 1 unspecified atom stereocenters. The van der Waals surface area contributed by atoms with Gasteiger partial charge in [0.2, 0.25) is 11.8 Å². The van der Waals surface area contributed by atoms with Crippen molar-refractivity contribution in [2.24, 2.45) is 5.92 Å². The van der Waals surface area contributed by atoms with Gasteiger partial charge in [0.15, 0.2) is 0 Å². The fraction of sp³-hybridized carbons (Fsp3) is 0.833. The zero-order valence-corrected chi connectivity index (χ0v) is 18.5. The van der Waals surface area contributed by atoms with Crippen LogP contribution in [0.3, 0.4) is 0 Å². The molecule has 7 nitrogen and oxygen atoms in total. The van der Waals surface area contributed by atoms with Crippen molar-refractivity contribution in [2.75, 3.05) is 20.7 Å². The van der Waals surface area contributed by atoms with Crippen molar-refractivity contribution >= 4 is 31.3 Å². The van der Waals surface area contributed by atoms with E-state index in [1.165, 1.54) is 21.0 Å². The van der Waals surface area contributed by atoms with Gasteiger partial charge in [0.05, 0.1) is 5.60 Å². The molecule has 156 valence electrons. The van der Waals surface area contributed by atoms with Crippen molar-refractivity contribution in [1.82, 2.24) is 10.2 Å². The predicted molar refractivity (Wildman–Crippen MR) is 109 cm³/mol. The van der Waals surface area contributed by atoms with E-state index in [9.17, 15) is 14.4 Å². The van der Waals surface area contributed by atoms with Gasteiger partial charge in [0, 0.05) is 34.0 Å². The Bertz CT molecular complexity index is 422. The Balaban J connectivity index is -0.000000422. The summed E-state index contributed by atoms with van der Waals surface area (Å²) >= 11 is 0. The van der Waals surface area contributed by atoms with Crippen molar-refractivity contribution in [3.63, 3.8) is 0 Å². The molecule has 2 N–H and O–H groups in total. The molecule has 0 aliphatic carbocycles. The average molecular weight is 395 g/mol. The molecule has 0 bridgehead atoms. The number of amides is 2. The van der Waals surface area contributed by atoms with Crippen LogP contribution in [0.4, 0.5) is 0 Å². The lowest BCUT2D eigenvalue weighted by Gasteiger charge is -2.23. The van der Waals surface area contributed by atoms with Crippen LogP contribution in [-0.2, 0) is 19.1 Å². The first-order valence-corrected chi connectivity index (χ1v) is 8.62. The molecule has 0 aromatic carbocycles. The topological polar surface area (TPSA) is 95.9 Å². The first-order valence-electron chi connectivity index (χ1n) is 8.62. The minimum atomic E-state index is -1.10. The van der Waals surface area contributed by atoms with E-state index in [-0.39, 0.29) is 43.8 Å². The molecular weight excluding hydrogens is 356 g/mol. The third-order valence-electron chi connectivity index (χ3n) is 3.40. The summed E-state index contributed by atoms with van der Waals surface area (Å²) in [5, 5.41) is 11.2. The maximum atomic E-state index is 11.0. The average Bonchev–Trinajstić information content (AvgIpc) is 2.45. The molecule has 26 heavy (non-hydrogen) atoms. The lowest BCUT2D eigenvalue weighted by molar-refractivity contribution is -0.148. The minimum Gasteiger partial charge on any atom is -0.480 e. The van der Waals surface area contributed by atoms with E-state index < -0.39 is 12.0 Å². The summed E-state index contributed by atoms with van der Waals surface area (Å²) in [4.78, 5) is 33.8. The molecule has 0 saturated carbocycles. The van der Waals surface area contributed by atoms with Gasteiger partial charge < -0.3 is 20.1 Å². The summed E-state index contributed by atoms with van der Waals surface area (Å²) in [6.45, 7) is 12.9. The van der Waals surface area contributed by atoms with Crippen molar-refractivity contribution in [3.8, 4) is 0 Å². The molecule has 0 radical (unpaired) electrons. The molecule has 0 saturated heterocycles. The molecule has 0 aliphatic heterocycles. The summed E-state index contributed by atoms with van der Waals surface area (Å²) < 4.78 is 5.54. The molecule has 0 fully saturated rings. The van der Waals surface area contributed by atoms with E-state index in [0.717, 1.165) is 23.8 Å². The zero-order valence-electron chi connectivity index (χ0n) is 17.5. The lowest BCUT2D eigenvalue weighted by atomic mass is 10.1. The van der Waals surface area contributed by atoms with Crippen LogP contribution >= 0.6 is 13.5 Å². The number of nitrogens with zero attached hydrogens (tertiary/aromatic N) is 1. The minimum absolute atomic E-state index is 0. The number of carbonyl (C=O) groups excluding carboxylic acids is 2. The smallest absolute Gasteiger partial charge is 0.326 e. The summed E-state index contributed by atoms with van der Waals surface area (Å²) in [7, 11) is 2.89. The highest BCUT2D eigenvalue weighted by Gasteiger charge is 2.24. The standard InChI is InChI=1S/C9H16N2O4.C9H20O.H2S/c1-6(12)11(3)7(9(14)15)4-5-8(13)10-2;1-8(2)6-7-10-9(3,4)5;/h7H,4-5H2,1-3H3,(H,10,13)(H,14,15);8H,6-7H2,1-5H3;1H2. The molecule has 0 aromatic heterocycles. The molecule has 0 heterocycles. The van der Waals surface area contributed by atoms with Gasteiger partial charge >= 0.3 is 5.97 Å². The fourth-order valence-electron chi connectivity index (χ4n) is 1.70. The second kappa shape index (κ2) is 14.8. The highest BCUT2D eigenvalue weighted by molar-refractivity contribution is 7.59. The second-order valence-electron chi connectivity index (χ2n) is 7.34. The summed E-state index contributed by atoms with van der Waals surface area (Å²) in [6.07, 6.45) is 1.37. The molecule has 0 rings (SSSR count). The number of carboxylic acids is 1. The quantitative estimate of drug-likeness (QED) is 0.659. The van der Waals surface area contributed by atoms with Crippen molar-refractivity contribution in [1.29, 1.82) is 0 Å². The third-order valence-corrected chi connectivity index (χ3v) is 3.40. The Morgan fingerprint density at radius 2 is 1.65 bits per heavy atom. The van der Waals surface area contributed by atoms with E-state index in [2.05, 4.69) is 39.9 Å². The first kappa shape index (κ1) is 29.5. The van der Waals surface area contributed by atoms with E-state index >= 15 is 0 Å². The lowest BCUT2D eigenvalue weighted by Crippen LogP contribution is -2.41. The second-order valence-corrected chi connectivity index (χ2v) is 7.34. The van der Waals surface area contributed by atoms with Crippen molar-refractivity contribution in [3.05, 3.63) is 0 Å². The predicted octanol–water partition coefficient (Wildman–Crippen LogP) is 2.40. The molecule has 1 atom stereocenters. The maximum Gasteiger partial charge on any atom is 0.326 e. The van der Waals surface area contributed by atoms with Crippen LogP contribution in [0.2, 0.25) is 0 Å². The highest BCUT2D eigenvalue weighted by atomic mass is 32.1. The van der Waals surface area contributed by atoms with Gasteiger partial charge in [0.1, 0.15) is 6.04 Å². The van der Waals surface area contributed by atoms with E-state index in [0.29, 0.717) is 0 Å². The number of likely N-dealkylation sites (N-methyl/N-ethyl adjacent to an activating group) is 1. The monoisotopic (exact) mass is 394 g/mol. The van der Waals surface area contributed by atoms with Crippen LogP contribution in [0.1, 0.15) is 60.8 Å². The highest BCUT2D eigenvalue weighted by Crippen LogP contribution is 2.09. The van der Waals surface area contributed by atoms with Gasteiger partial charge in [0.25, 0.3) is 0 Å². The van der Waals surface area contributed by atoms with Gasteiger partial charge in [-0.25, -0.2) is 4.79 Å². The van der Waals surface area contributed by atoms with Crippen LogP contribution in [0.15, 0.2) is 0 Å². The number of nitrogens with one attached hydrogen (secondary N) is 1. The number of carboxylic acid groups (broad SMARTS) is 1. The van der Waals surface area contributed by atoms with Crippen LogP contribution in [0.5, 0.6) is 0 Å². The van der Waals surface area contributed by atoms with Crippen LogP contribution in [-0.4, -0.2) is 60.1 Å². The zero-order chi connectivity index (χ0) is 20.2. The van der Waals surface area contributed by atoms with E-state index in [1.807, 2.05) is 0 Å². The molecular formula is C18H38N2O5S. The Kier molecular flexibility index (Phi) is 16.8. The van der Waals surface area contributed by atoms with E-state index in [4.69, 9.17) is 9.84 Å². The number of hydrogen-bond acceptors (Lipinski definition) is 4. The number of rotatable bonds is 8. The third kappa shape index (κ3) is 17.5. The van der Waals surface area contributed by atoms with E-state index in [1.54, 1.807) is 0 Å². The molecule has 0 spiro atoms. The van der Waals surface area contributed by atoms with Gasteiger partial charge in [-0.2, -0.15) is 13.5 Å². The van der Waals surface area contributed by atoms with Crippen LogP contribution in [0, 0.1) is 5.92 Å². The Hall–Kier alpha value is -1.28. The first-order chi connectivity index (χ1) is 11.3. The van der Waals surface area contributed by atoms with Gasteiger partial charge in [-0.3, -0.25) is 9.59 Å². The number of carbonyl (C=O) groups is 3. The molecule has 2 amide bonds. The SMILES string of the molecule is CC(C)CCOC(C)(C)C.CNC(=O)CCC(C(=O)O)N(C)C(C)=O.S. The molecule has 0 aromatic rings. The Labute approximate surface area is 165 Å². The van der Waals surface area contributed by atoms with Crippen LogP contribution < -0.4 is 5.32 Å². The van der Waals surface area contributed by atoms with Gasteiger partial charge in [-0.1, -0.05) is 13.8 Å². The summed E-state index contributed by atoms with van der Waals surface area (Å²) in [5.41, 5.74) is 0.0366. The van der Waals surface area contributed by atoms with Gasteiger partial charge in [-0.05, 0) is 39.5 Å². The van der Waals surface area contributed by atoms with Crippen LogP contribution in [0.25, 0.3) is 0 Å². The number of aliphatic carboxylic acids is 1. The fourth-order valence-corrected chi connectivity index (χ4v) is 1.70. The van der Waals surface area contributed by atoms with Crippen molar-refractivity contribution < 1.29 is 24.2 Å². The Morgan fingerprint density at radius 1 is 1.15 bits per heavy atom. The summed E-state index contributed by atoms with van der Waals surface area (Å²) in [6, 6.07) is -0.945. The maximum absolute atomic E-state index is 11.0. The normalized spacial score (nSPS) is 11.6. The summed E-state index contributed by atoms with van der Waals surface area (Å²) in [5.74, 6) is -0.920.